The predicted octanol–water partition coefficient (Wildman–Crippen LogP) is 4.24. The molecule has 2 N–H and O–H groups in total. The molecule has 4 heterocycles. The first kappa shape index (κ1) is 25.0. The molecule has 2 fully saturated rings. The molecular formula is C28H35N7O2. The molecule has 0 spiro atoms. The number of fused-ring (bicyclic) bond motifs is 2. The fraction of sp³-hybridized carbons (Fsp3) is 0.429. The molecule has 194 valence electrons. The van der Waals surface area contributed by atoms with E-state index in [-0.39, 0.29) is 5.97 Å². The van der Waals surface area contributed by atoms with Gasteiger partial charge in [0.1, 0.15) is 5.82 Å². The Balaban J connectivity index is 1.18. The molecule has 5 rings (SSSR count). The smallest absolute Gasteiger partial charge is 0.305 e. The Hall–Kier alpha value is -3.72. The largest absolute Gasteiger partial charge is 0.466 e. The Labute approximate surface area is 218 Å². The van der Waals surface area contributed by atoms with E-state index in [2.05, 4.69) is 62.6 Å². The second-order valence-corrected chi connectivity index (χ2v) is 9.79. The standard InChI is InChI=1S/C28H35N7O2/c1-4-37-27(36)6-5-12-29-26-10-7-20(16-31-26)24-11-13-30-28(33-24)32-21-8-9-25(19(2)14-21)35-18-22-15-23(35)17-34(22)3/h7-11,13-14,16,22-23H,4-6,12,15,17-18H2,1-3H3,(H,29,31)(H,30,32,33). The maximum Gasteiger partial charge on any atom is 0.305 e. The van der Waals surface area contributed by atoms with E-state index in [1.165, 1.54) is 17.7 Å². The van der Waals surface area contributed by atoms with Crippen LogP contribution in [0, 0.1) is 6.92 Å². The summed E-state index contributed by atoms with van der Waals surface area (Å²) in [5.41, 5.74) is 5.25. The molecule has 1 aromatic carbocycles. The van der Waals surface area contributed by atoms with Crippen LogP contribution in [0.4, 0.5) is 23.1 Å². The van der Waals surface area contributed by atoms with Crippen LogP contribution in [-0.2, 0) is 9.53 Å². The molecule has 2 atom stereocenters. The summed E-state index contributed by atoms with van der Waals surface area (Å²) >= 11 is 0. The first-order chi connectivity index (χ1) is 18.0. The minimum atomic E-state index is -0.168. The number of rotatable bonds is 10. The zero-order valence-corrected chi connectivity index (χ0v) is 21.8. The maximum atomic E-state index is 11.4. The van der Waals surface area contributed by atoms with Gasteiger partial charge in [-0.3, -0.25) is 9.69 Å². The molecule has 0 saturated carbocycles. The van der Waals surface area contributed by atoms with Gasteiger partial charge in [0.2, 0.25) is 5.95 Å². The molecule has 2 saturated heterocycles. The third-order valence-corrected chi connectivity index (χ3v) is 7.16. The number of hydrogen-bond donors (Lipinski definition) is 2. The molecule has 37 heavy (non-hydrogen) atoms. The topological polar surface area (TPSA) is 95.5 Å². The minimum absolute atomic E-state index is 0.168. The molecule has 2 aliphatic rings. The number of nitrogens with one attached hydrogen (secondary N) is 2. The third-order valence-electron chi connectivity index (χ3n) is 7.16. The Morgan fingerprint density at radius 1 is 1.14 bits per heavy atom. The molecule has 0 aliphatic carbocycles. The van der Waals surface area contributed by atoms with Crippen LogP contribution in [0.2, 0.25) is 0 Å². The Bertz CT molecular complexity index is 1230. The van der Waals surface area contributed by atoms with Gasteiger partial charge in [0, 0.05) is 67.5 Å². The number of carbonyl (C=O) groups is 1. The molecule has 2 aromatic heterocycles. The van der Waals surface area contributed by atoms with Crippen LogP contribution in [0.5, 0.6) is 0 Å². The second kappa shape index (κ2) is 11.1. The number of hydrogen-bond acceptors (Lipinski definition) is 9. The van der Waals surface area contributed by atoms with E-state index in [0.717, 1.165) is 35.9 Å². The molecular weight excluding hydrogens is 466 g/mol. The highest BCUT2D eigenvalue weighted by Gasteiger charge is 2.41. The van der Waals surface area contributed by atoms with Crippen LogP contribution in [0.25, 0.3) is 11.3 Å². The van der Waals surface area contributed by atoms with Gasteiger partial charge in [-0.25, -0.2) is 15.0 Å². The van der Waals surface area contributed by atoms with Crippen LogP contribution in [0.1, 0.15) is 31.7 Å². The Kier molecular flexibility index (Phi) is 7.50. The summed E-state index contributed by atoms with van der Waals surface area (Å²) in [6.45, 7) is 7.31. The van der Waals surface area contributed by atoms with Crippen molar-refractivity contribution >= 4 is 29.1 Å². The van der Waals surface area contributed by atoms with Crippen molar-refractivity contribution in [2.75, 3.05) is 48.8 Å². The van der Waals surface area contributed by atoms with Gasteiger partial charge in [0.25, 0.3) is 0 Å². The summed E-state index contributed by atoms with van der Waals surface area (Å²) < 4.78 is 4.95. The number of carbonyl (C=O) groups excluding carboxylic acids is 1. The van der Waals surface area contributed by atoms with Crippen molar-refractivity contribution in [2.45, 2.75) is 45.2 Å². The van der Waals surface area contributed by atoms with Gasteiger partial charge in [0.05, 0.1) is 12.3 Å². The number of likely N-dealkylation sites (tertiary alicyclic amines) is 1. The Morgan fingerprint density at radius 3 is 2.73 bits per heavy atom. The van der Waals surface area contributed by atoms with Crippen molar-refractivity contribution in [1.29, 1.82) is 0 Å². The number of likely N-dealkylation sites (N-methyl/N-ethyl adjacent to an activating group) is 1. The minimum Gasteiger partial charge on any atom is -0.466 e. The van der Waals surface area contributed by atoms with Crippen molar-refractivity contribution in [3.63, 3.8) is 0 Å². The van der Waals surface area contributed by atoms with Gasteiger partial charge in [-0.05, 0) is 75.7 Å². The highest BCUT2D eigenvalue weighted by Crippen LogP contribution is 2.36. The monoisotopic (exact) mass is 501 g/mol. The molecule has 2 aliphatic heterocycles. The SMILES string of the molecule is CCOC(=O)CCCNc1ccc(-c2ccnc(Nc3ccc(N4CC5CC4CN5C)c(C)c3)n2)cn1. The lowest BCUT2D eigenvalue weighted by Gasteiger charge is -2.34. The molecule has 9 heteroatoms. The van der Waals surface area contributed by atoms with Crippen LogP contribution in [0.3, 0.4) is 0 Å². The summed E-state index contributed by atoms with van der Waals surface area (Å²) in [5.74, 6) is 1.14. The van der Waals surface area contributed by atoms with Crippen molar-refractivity contribution < 1.29 is 9.53 Å². The number of esters is 1. The van der Waals surface area contributed by atoms with E-state index in [9.17, 15) is 4.79 Å². The van der Waals surface area contributed by atoms with E-state index >= 15 is 0 Å². The van der Waals surface area contributed by atoms with E-state index in [0.29, 0.717) is 44.0 Å². The molecule has 2 bridgehead atoms. The van der Waals surface area contributed by atoms with Crippen LogP contribution in [0.15, 0.2) is 48.8 Å². The third kappa shape index (κ3) is 5.83. The van der Waals surface area contributed by atoms with Crippen LogP contribution in [-0.4, -0.2) is 71.2 Å². The van der Waals surface area contributed by atoms with Crippen molar-refractivity contribution in [3.8, 4) is 11.3 Å². The Morgan fingerprint density at radius 2 is 2.03 bits per heavy atom. The van der Waals surface area contributed by atoms with Gasteiger partial charge in [0.15, 0.2) is 0 Å². The normalized spacial score (nSPS) is 18.7. The van der Waals surface area contributed by atoms with Crippen molar-refractivity contribution in [3.05, 3.63) is 54.4 Å². The zero-order valence-electron chi connectivity index (χ0n) is 21.8. The fourth-order valence-corrected chi connectivity index (χ4v) is 5.26. The maximum absolute atomic E-state index is 11.4. The first-order valence-electron chi connectivity index (χ1n) is 13.0. The van der Waals surface area contributed by atoms with Gasteiger partial charge in [-0.2, -0.15) is 0 Å². The predicted molar refractivity (Wildman–Crippen MR) is 146 cm³/mol. The summed E-state index contributed by atoms with van der Waals surface area (Å²) in [6, 6.07) is 13.6. The van der Waals surface area contributed by atoms with Crippen LogP contribution < -0.4 is 15.5 Å². The second-order valence-electron chi connectivity index (χ2n) is 9.79. The lowest BCUT2D eigenvalue weighted by molar-refractivity contribution is -0.143. The number of aromatic nitrogens is 3. The van der Waals surface area contributed by atoms with E-state index in [1.54, 1.807) is 12.4 Å². The number of nitrogens with zero attached hydrogens (tertiary/aromatic N) is 5. The summed E-state index contributed by atoms with van der Waals surface area (Å²) in [6.07, 6.45) is 5.90. The highest BCUT2D eigenvalue weighted by atomic mass is 16.5. The van der Waals surface area contributed by atoms with Crippen molar-refractivity contribution in [2.24, 2.45) is 0 Å². The average Bonchev–Trinajstić information content (AvgIpc) is 3.47. The molecule has 2 unspecified atom stereocenters. The van der Waals surface area contributed by atoms with Gasteiger partial charge < -0.3 is 20.3 Å². The van der Waals surface area contributed by atoms with E-state index in [1.807, 2.05) is 25.1 Å². The number of benzene rings is 1. The van der Waals surface area contributed by atoms with Crippen LogP contribution >= 0.6 is 0 Å². The lowest BCUT2D eigenvalue weighted by Crippen LogP contribution is -2.44. The zero-order chi connectivity index (χ0) is 25.8. The van der Waals surface area contributed by atoms with Gasteiger partial charge >= 0.3 is 5.97 Å². The van der Waals surface area contributed by atoms with E-state index < -0.39 is 0 Å². The average molecular weight is 502 g/mol. The van der Waals surface area contributed by atoms with E-state index in [4.69, 9.17) is 9.72 Å². The molecule has 0 radical (unpaired) electrons. The molecule has 3 aromatic rings. The molecule has 0 amide bonds. The summed E-state index contributed by atoms with van der Waals surface area (Å²) in [7, 11) is 2.23. The molecule has 9 nitrogen and oxygen atoms in total. The highest BCUT2D eigenvalue weighted by molar-refractivity contribution is 5.69. The fourth-order valence-electron chi connectivity index (χ4n) is 5.26. The summed E-state index contributed by atoms with van der Waals surface area (Å²) in [4.78, 5) is 30.1. The number of piperazine rings is 1. The quantitative estimate of drug-likeness (QED) is 0.312. The van der Waals surface area contributed by atoms with Gasteiger partial charge in [-0.1, -0.05) is 0 Å². The summed E-state index contributed by atoms with van der Waals surface area (Å²) in [5, 5.41) is 6.59. The lowest BCUT2D eigenvalue weighted by atomic mass is 10.1. The number of anilines is 4. The number of aryl methyl sites for hydroxylation is 1. The number of ether oxygens (including phenoxy) is 1. The number of pyridine rings is 1. The van der Waals surface area contributed by atoms with Gasteiger partial charge in [-0.15, -0.1) is 0 Å². The van der Waals surface area contributed by atoms with Crippen molar-refractivity contribution in [1.82, 2.24) is 19.9 Å². The first-order valence-corrected chi connectivity index (χ1v) is 13.0.